The van der Waals surface area contributed by atoms with Gasteiger partial charge in [-0.05, 0) is 37.8 Å². The van der Waals surface area contributed by atoms with Crippen molar-refractivity contribution in [3.05, 3.63) is 36.1 Å². The van der Waals surface area contributed by atoms with Crippen LogP contribution < -0.4 is 16.0 Å². The zero-order valence-corrected chi connectivity index (χ0v) is 19.0. The first kappa shape index (κ1) is 24.2. The molecule has 0 aliphatic rings. The number of rotatable bonds is 9. The fourth-order valence-corrected chi connectivity index (χ4v) is 3.02. The van der Waals surface area contributed by atoms with Crippen LogP contribution in [0, 0.1) is 11.8 Å². The molecular formula is C23H33N3O5. The first-order chi connectivity index (χ1) is 14.6. The molecule has 2 aromatic rings. The van der Waals surface area contributed by atoms with Gasteiger partial charge in [0.05, 0.1) is 6.10 Å². The molecule has 0 saturated heterocycles. The number of ether oxygens (including phenoxy) is 1. The molecule has 1 aromatic heterocycles. The zero-order valence-electron chi connectivity index (χ0n) is 19.0. The molecule has 170 valence electrons. The van der Waals surface area contributed by atoms with E-state index in [1.807, 2.05) is 45.9 Å². The van der Waals surface area contributed by atoms with Crippen molar-refractivity contribution >= 4 is 28.9 Å². The molecule has 0 aliphatic carbocycles. The maximum Gasteiger partial charge on any atom is 0.408 e. The monoisotopic (exact) mass is 431 g/mol. The van der Waals surface area contributed by atoms with Crippen LogP contribution in [0.4, 0.5) is 4.79 Å². The van der Waals surface area contributed by atoms with Crippen LogP contribution in [-0.4, -0.2) is 42.6 Å². The average molecular weight is 432 g/mol. The predicted octanol–water partition coefficient (Wildman–Crippen LogP) is 3.46. The smallest absolute Gasteiger partial charge is 0.408 e. The van der Waals surface area contributed by atoms with Gasteiger partial charge >= 0.3 is 6.09 Å². The number of fused-ring (bicyclic) bond motifs is 1. The molecule has 2 atom stereocenters. The van der Waals surface area contributed by atoms with Gasteiger partial charge in [0.2, 0.25) is 5.91 Å². The average Bonchev–Trinajstić information content (AvgIpc) is 3.12. The molecule has 0 bridgehead atoms. The lowest BCUT2D eigenvalue weighted by Gasteiger charge is -2.27. The van der Waals surface area contributed by atoms with Crippen molar-refractivity contribution in [1.82, 2.24) is 16.0 Å². The SMILES string of the molecule is CC(C)OC(=O)N[C@H](C(=O)N[C@@H](CNC(=O)c1cc2ccccc2o1)C(C)C)C(C)C. The van der Waals surface area contributed by atoms with E-state index in [9.17, 15) is 14.4 Å². The Balaban J connectivity index is 1.99. The second kappa shape index (κ2) is 10.8. The molecule has 0 saturated carbocycles. The third kappa shape index (κ3) is 7.01. The number of hydrogen-bond donors (Lipinski definition) is 3. The minimum Gasteiger partial charge on any atom is -0.451 e. The summed E-state index contributed by atoms with van der Waals surface area (Å²) in [6.07, 6.45) is -0.920. The fourth-order valence-electron chi connectivity index (χ4n) is 3.02. The van der Waals surface area contributed by atoms with Gasteiger partial charge in [-0.15, -0.1) is 0 Å². The van der Waals surface area contributed by atoms with Crippen LogP contribution in [0.15, 0.2) is 34.7 Å². The summed E-state index contributed by atoms with van der Waals surface area (Å²) < 4.78 is 10.7. The number of carbonyl (C=O) groups is 3. The number of benzene rings is 1. The lowest BCUT2D eigenvalue weighted by Crippen LogP contribution is -2.55. The van der Waals surface area contributed by atoms with Crippen LogP contribution in [-0.2, 0) is 9.53 Å². The number of para-hydroxylation sites is 1. The van der Waals surface area contributed by atoms with Crippen molar-refractivity contribution < 1.29 is 23.5 Å². The lowest BCUT2D eigenvalue weighted by atomic mass is 10.0. The van der Waals surface area contributed by atoms with Gasteiger partial charge in [-0.3, -0.25) is 9.59 Å². The molecule has 2 rings (SSSR count). The fraction of sp³-hybridized carbons (Fsp3) is 0.522. The van der Waals surface area contributed by atoms with E-state index in [0.717, 1.165) is 5.39 Å². The van der Waals surface area contributed by atoms with Gasteiger partial charge in [0, 0.05) is 18.0 Å². The van der Waals surface area contributed by atoms with E-state index in [1.54, 1.807) is 26.0 Å². The van der Waals surface area contributed by atoms with Crippen molar-refractivity contribution in [3.63, 3.8) is 0 Å². The summed E-state index contributed by atoms with van der Waals surface area (Å²) >= 11 is 0. The number of furan rings is 1. The van der Waals surface area contributed by atoms with Gasteiger partial charge in [0.1, 0.15) is 11.6 Å². The highest BCUT2D eigenvalue weighted by atomic mass is 16.6. The second-order valence-corrected chi connectivity index (χ2v) is 8.54. The van der Waals surface area contributed by atoms with Crippen LogP contribution in [0.5, 0.6) is 0 Å². The summed E-state index contributed by atoms with van der Waals surface area (Å²) in [5.41, 5.74) is 0.639. The maximum absolute atomic E-state index is 12.8. The lowest BCUT2D eigenvalue weighted by molar-refractivity contribution is -0.125. The largest absolute Gasteiger partial charge is 0.451 e. The Bertz CT molecular complexity index is 871. The van der Waals surface area contributed by atoms with Gasteiger partial charge in [-0.25, -0.2) is 4.79 Å². The Morgan fingerprint density at radius 1 is 0.968 bits per heavy atom. The molecule has 0 radical (unpaired) electrons. The minimum absolute atomic E-state index is 0.0513. The summed E-state index contributed by atoms with van der Waals surface area (Å²) in [4.78, 5) is 37.3. The minimum atomic E-state index is -0.751. The molecule has 8 heteroatoms. The predicted molar refractivity (Wildman–Crippen MR) is 119 cm³/mol. The van der Waals surface area contributed by atoms with Crippen LogP contribution in [0.2, 0.25) is 0 Å². The van der Waals surface area contributed by atoms with Crippen LogP contribution in [0.25, 0.3) is 11.0 Å². The Morgan fingerprint density at radius 3 is 2.23 bits per heavy atom. The van der Waals surface area contributed by atoms with Crippen LogP contribution in [0.3, 0.4) is 0 Å². The highest BCUT2D eigenvalue weighted by Crippen LogP contribution is 2.18. The normalized spacial score (nSPS) is 13.3. The Hall–Kier alpha value is -3.03. The number of carbonyl (C=O) groups excluding carboxylic acids is 3. The third-order valence-electron chi connectivity index (χ3n) is 4.83. The third-order valence-corrected chi connectivity index (χ3v) is 4.83. The standard InChI is InChI=1S/C23H33N3O5/c1-13(2)17(25-22(28)20(14(3)4)26-23(29)30-15(5)6)12-24-21(27)19-11-16-9-7-8-10-18(16)31-19/h7-11,13-15,17,20H,12H2,1-6H3,(H,24,27)(H,25,28)(H,26,29)/t17-,20-/m0/s1. The summed E-state index contributed by atoms with van der Waals surface area (Å²) in [7, 11) is 0. The van der Waals surface area contributed by atoms with Gasteiger partial charge in [0.15, 0.2) is 5.76 Å². The Kier molecular flexibility index (Phi) is 8.47. The van der Waals surface area contributed by atoms with Crippen molar-refractivity contribution in [3.8, 4) is 0 Å². The van der Waals surface area contributed by atoms with Crippen LogP contribution in [0.1, 0.15) is 52.1 Å². The molecule has 1 heterocycles. The molecule has 3 N–H and O–H groups in total. The van der Waals surface area contributed by atoms with E-state index in [1.165, 1.54) is 0 Å². The molecule has 8 nitrogen and oxygen atoms in total. The first-order valence-electron chi connectivity index (χ1n) is 10.6. The molecule has 0 aliphatic heterocycles. The quantitative estimate of drug-likeness (QED) is 0.563. The molecule has 0 unspecified atom stereocenters. The summed E-state index contributed by atoms with van der Waals surface area (Å²) in [6.45, 7) is 11.3. The summed E-state index contributed by atoms with van der Waals surface area (Å²) in [6, 6.07) is 7.99. The molecule has 0 spiro atoms. The Morgan fingerprint density at radius 2 is 1.65 bits per heavy atom. The van der Waals surface area contributed by atoms with E-state index < -0.39 is 12.1 Å². The first-order valence-corrected chi connectivity index (χ1v) is 10.6. The topological polar surface area (TPSA) is 110 Å². The van der Waals surface area contributed by atoms with Gasteiger partial charge in [-0.2, -0.15) is 0 Å². The Labute approximate surface area is 183 Å². The molecule has 1 aromatic carbocycles. The number of hydrogen-bond acceptors (Lipinski definition) is 5. The number of nitrogens with one attached hydrogen (secondary N) is 3. The van der Waals surface area contributed by atoms with Crippen molar-refractivity contribution in [2.45, 2.75) is 59.7 Å². The van der Waals surface area contributed by atoms with Crippen molar-refractivity contribution in [2.75, 3.05) is 6.54 Å². The number of amides is 3. The summed E-state index contributed by atoms with van der Waals surface area (Å²) in [5, 5.41) is 9.23. The maximum atomic E-state index is 12.8. The molecule has 31 heavy (non-hydrogen) atoms. The molecular weight excluding hydrogens is 398 g/mol. The zero-order chi connectivity index (χ0) is 23.1. The van der Waals surface area contributed by atoms with Crippen molar-refractivity contribution in [2.24, 2.45) is 11.8 Å². The van der Waals surface area contributed by atoms with E-state index in [-0.39, 0.29) is 48.1 Å². The van der Waals surface area contributed by atoms with E-state index in [2.05, 4.69) is 16.0 Å². The second-order valence-electron chi connectivity index (χ2n) is 8.54. The van der Waals surface area contributed by atoms with Gasteiger partial charge in [-0.1, -0.05) is 45.9 Å². The van der Waals surface area contributed by atoms with Gasteiger partial charge in [0.25, 0.3) is 5.91 Å². The molecule has 3 amide bonds. The van der Waals surface area contributed by atoms with E-state index in [4.69, 9.17) is 9.15 Å². The molecule has 0 fully saturated rings. The van der Waals surface area contributed by atoms with Crippen molar-refractivity contribution in [1.29, 1.82) is 0 Å². The number of alkyl carbamates (subject to hydrolysis) is 1. The summed E-state index contributed by atoms with van der Waals surface area (Å²) in [5.74, 6) is -0.552. The van der Waals surface area contributed by atoms with Crippen LogP contribution >= 0.6 is 0 Å². The van der Waals surface area contributed by atoms with E-state index >= 15 is 0 Å². The van der Waals surface area contributed by atoms with Gasteiger partial charge < -0.3 is 25.1 Å². The highest BCUT2D eigenvalue weighted by molar-refractivity contribution is 5.96. The highest BCUT2D eigenvalue weighted by Gasteiger charge is 2.28. The van der Waals surface area contributed by atoms with E-state index in [0.29, 0.717) is 5.58 Å².